The van der Waals surface area contributed by atoms with Crippen LogP contribution in [-0.4, -0.2) is 5.91 Å². The van der Waals surface area contributed by atoms with Gasteiger partial charge in [0.25, 0.3) is 5.91 Å². The number of amides is 1. The summed E-state index contributed by atoms with van der Waals surface area (Å²) in [5.74, 6) is -6.10. The Hall–Kier alpha value is -2.83. The highest BCUT2D eigenvalue weighted by molar-refractivity contribution is 6.06. The summed E-state index contributed by atoms with van der Waals surface area (Å²) in [6.07, 6.45) is 0. The van der Waals surface area contributed by atoms with Gasteiger partial charge in [0.2, 0.25) is 0 Å². The normalized spacial score (nSPS) is 11.0. The van der Waals surface area contributed by atoms with E-state index in [2.05, 4.69) is 5.32 Å². The number of anilines is 1. The van der Waals surface area contributed by atoms with E-state index < -0.39 is 34.9 Å². The highest BCUT2D eigenvalue weighted by Gasteiger charge is 2.21. The molecule has 0 aliphatic carbocycles. The first-order chi connectivity index (χ1) is 10.9. The molecule has 0 saturated carbocycles. The van der Waals surface area contributed by atoms with E-state index in [-0.39, 0.29) is 11.3 Å². The van der Waals surface area contributed by atoms with Crippen LogP contribution in [0, 0.1) is 30.2 Å². The SMILES string of the molecule is Cc1c(C(=O)Nc2ccc(F)c(F)c2F)oc2ccc(F)cc12. The van der Waals surface area contributed by atoms with Crippen molar-refractivity contribution in [2.24, 2.45) is 0 Å². The molecule has 0 fully saturated rings. The molecule has 1 aromatic heterocycles. The van der Waals surface area contributed by atoms with Crippen molar-refractivity contribution in [3.63, 3.8) is 0 Å². The molecule has 3 rings (SSSR count). The maximum absolute atomic E-state index is 13.6. The van der Waals surface area contributed by atoms with Crippen molar-refractivity contribution in [2.75, 3.05) is 5.32 Å². The van der Waals surface area contributed by atoms with Gasteiger partial charge in [0.05, 0.1) is 5.69 Å². The van der Waals surface area contributed by atoms with Crippen molar-refractivity contribution in [1.82, 2.24) is 0 Å². The number of fused-ring (bicyclic) bond motifs is 1. The Morgan fingerprint density at radius 1 is 1.04 bits per heavy atom. The molecule has 1 N–H and O–H groups in total. The molecule has 23 heavy (non-hydrogen) atoms. The van der Waals surface area contributed by atoms with Gasteiger partial charge >= 0.3 is 0 Å². The van der Waals surface area contributed by atoms with Crippen molar-refractivity contribution >= 4 is 22.6 Å². The number of nitrogens with one attached hydrogen (secondary N) is 1. The summed E-state index contributed by atoms with van der Waals surface area (Å²) in [6.45, 7) is 1.53. The van der Waals surface area contributed by atoms with Crippen LogP contribution in [0.1, 0.15) is 16.1 Å². The van der Waals surface area contributed by atoms with E-state index in [9.17, 15) is 22.4 Å². The number of benzene rings is 2. The predicted octanol–water partition coefficient (Wildman–Crippen LogP) is 4.55. The van der Waals surface area contributed by atoms with Crippen LogP contribution in [0.3, 0.4) is 0 Å². The van der Waals surface area contributed by atoms with Crippen LogP contribution in [0.4, 0.5) is 23.2 Å². The molecular weight excluding hydrogens is 314 g/mol. The van der Waals surface area contributed by atoms with Crippen LogP contribution in [0.2, 0.25) is 0 Å². The molecule has 0 aliphatic heterocycles. The van der Waals surface area contributed by atoms with Crippen LogP contribution in [0.25, 0.3) is 11.0 Å². The minimum Gasteiger partial charge on any atom is -0.451 e. The zero-order valence-electron chi connectivity index (χ0n) is 11.7. The number of rotatable bonds is 2. The van der Waals surface area contributed by atoms with Gasteiger partial charge in [0.1, 0.15) is 11.4 Å². The number of hydrogen-bond donors (Lipinski definition) is 1. The fraction of sp³-hybridized carbons (Fsp3) is 0.0625. The number of aryl methyl sites for hydroxylation is 1. The number of carbonyl (C=O) groups is 1. The molecule has 0 unspecified atom stereocenters. The Labute approximate surface area is 127 Å². The third-order valence-electron chi connectivity index (χ3n) is 3.39. The first-order valence-electron chi connectivity index (χ1n) is 6.52. The highest BCUT2D eigenvalue weighted by atomic mass is 19.2. The van der Waals surface area contributed by atoms with Crippen molar-refractivity contribution < 1.29 is 26.8 Å². The third kappa shape index (κ3) is 2.54. The van der Waals surface area contributed by atoms with Crippen LogP contribution >= 0.6 is 0 Å². The Balaban J connectivity index is 1.98. The van der Waals surface area contributed by atoms with Gasteiger partial charge in [-0.3, -0.25) is 4.79 Å². The average molecular weight is 323 g/mol. The summed E-state index contributed by atoms with van der Waals surface area (Å²) in [7, 11) is 0. The molecular formula is C16H9F4NO2. The number of furan rings is 1. The lowest BCUT2D eigenvalue weighted by molar-refractivity contribution is 0.0997. The predicted molar refractivity (Wildman–Crippen MR) is 75.2 cm³/mol. The van der Waals surface area contributed by atoms with E-state index in [0.717, 1.165) is 6.07 Å². The molecule has 3 nitrogen and oxygen atoms in total. The lowest BCUT2D eigenvalue weighted by atomic mass is 10.1. The minimum atomic E-state index is -1.69. The topological polar surface area (TPSA) is 42.2 Å². The molecule has 0 radical (unpaired) electrons. The Morgan fingerprint density at radius 3 is 2.52 bits per heavy atom. The number of carbonyl (C=O) groups excluding carboxylic acids is 1. The molecule has 3 aromatic rings. The second-order valence-electron chi connectivity index (χ2n) is 4.87. The lowest BCUT2D eigenvalue weighted by Crippen LogP contribution is -2.14. The van der Waals surface area contributed by atoms with E-state index >= 15 is 0 Å². The number of halogens is 4. The fourth-order valence-electron chi connectivity index (χ4n) is 2.21. The lowest BCUT2D eigenvalue weighted by Gasteiger charge is -2.06. The molecule has 7 heteroatoms. The molecule has 1 heterocycles. The molecule has 1 amide bonds. The first kappa shape index (κ1) is 15.1. The van der Waals surface area contributed by atoms with Crippen LogP contribution in [0.5, 0.6) is 0 Å². The standard InChI is InChI=1S/C16H9F4NO2/c1-7-9-6-8(17)2-5-12(9)23-15(7)16(22)21-11-4-3-10(18)13(19)14(11)20/h2-6H,1H3,(H,21,22). The number of hydrogen-bond acceptors (Lipinski definition) is 2. The summed E-state index contributed by atoms with van der Waals surface area (Å²) < 4.78 is 58.2. The van der Waals surface area contributed by atoms with Gasteiger partial charge in [0, 0.05) is 10.9 Å². The van der Waals surface area contributed by atoms with E-state index in [4.69, 9.17) is 4.42 Å². The first-order valence-corrected chi connectivity index (χ1v) is 6.52. The molecule has 0 atom stereocenters. The Morgan fingerprint density at radius 2 is 1.78 bits per heavy atom. The van der Waals surface area contributed by atoms with Crippen molar-refractivity contribution in [1.29, 1.82) is 0 Å². The molecule has 0 bridgehead atoms. The highest BCUT2D eigenvalue weighted by Crippen LogP contribution is 2.27. The van der Waals surface area contributed by atoms with E-state index in [1.165, 1.54) is 25.1 Å². The molecule has 0 spiro atoms. The van der Waals surface area contributed by atoms with Crippen LogP contribution < -0.4 is 5.32 Å². The minimum absolute atomic E-state index is 0.172. The molecule has 118 valence electrons. The summed E-state index contributed by atoms with van der Waals surface area (Å²) in [6, 6.07) is 5.30. The molecule has 0 saturated heterocycles. The largest absolute Gasteiger partial charge is 0.451 e. The summed E-state index contributed by atoms with van der Waals surface area (Å²) in [4.78, 5) is 12.2. The van der Waals surface area contributed by atoms with Gasteiger partial charge in [-0.25, -0.2) is 17.6 Å². The molecule has 2 aromatic carbocycles. The quantitative estimate of drug-likeness (QED) is 0.555. The summed E-state index contributed by atoms with van der Waals surface area (Å²) >= 11 is 0. The zero-order valence-corrected chi connectivity index (χ0v) is 11.7. The van der Waals surface area contributed by atoms with Gasteiger partial charge in [-0.15, -0.1) is 0 Å². The second-order valence-corrected chi connectivity index (χ2v) is 4.87. The Bertz CT molecular complexity index is 933. The van der Waals surface area contributed by atoms with Crippen LogP contribution in [-0.2, 0) is 0 Å². The smallest absolute Gasteiger partial charge is 0.291 e. The third-order valence-corrected chi connectivity index (χ3v) is 3.39. The van der Waals surface area contributed by atoms with E-state index in [0.29, 0.717) is 17.0 Å². The van der Waals surface area contributed by atoms with Gasteiger partial charge in [0.15, 0.2) is 23.2 Å². The Kier molecular flexibility index (Phi) is 3.55. The maximum Gasteiger partial charge on any atom is 0.291 e. The monoisotopic (exact) mass is 323 g/mol. The van der Waals surface area contributed by atoms with Gasteiger partial charge in [-0.2, -0.15) is 0 Å². The van der Waals surface area contributed by atoms with E-state index in [1.807, 2.05) is 0 Å². The van der Waals surface area contributed by atoms with Crippen molar-refractivity contribution in [3.05, 3.63) is 64.9 Å². The second kappa shape index (κ2) is 5.42. The van der Waals surface area contributed by atoms with Crippen molar-refractivity contribution in [2.45, 2.75) is 6.92 Å². The zero-order chi connectivity index (χ0) is 16.7. The fourth-order valence-corrected chi connectivity index (χ4v) is 2.21. The van der Waals surface area contributed by atoms with Gasteiger partial charge in [-0.05, 0) is 37.3 Å². The maximum atomic E-state index is 13.6. The summed E-state index contributed by atoms with van der Waals surface area (Å²) in [5.41, 5.74) is 0.0970. The average Bonchev–Trinajstić information content (AvgIpc) is 2.85. The van der Waals surface area contributed by atoms with Crippen LogP contribution in [0.15, 0.2) is 34.7 Å². The van der Waals surface area contributed by atoms with Gasteiger partial charge in [-0.1, -0.05) is 0 Å². The van der Waals surface area contributed by atoms with Crippen molar-refractivity contribution in [3.8, 4) is 0 Å². The molecule has 0 aliphatic rings. The van der Waals surface area contributed by atoms with Gasteiger partial charge < -0.3 is 9.73 Å². The van der Waals surface area contributed by atoms with E-state index in [1.54, 1.807) is 0 Å². The summed E-state index contributed by atoms with van der Waals surface area (Å²) in [5, 5.41) is 2.49.